The first kappa shape index (κ1) is 14.4. The molecule has 0 saturated carbocycles. The van der Waals surface area contributed by atoms with Gasteiger partial charge in [-0.2, -0.15) is 18.3 Å². The number of hydrogen-bond acceptors (Lipinski definition) is 3. The van der Waals surface area contributed by atoms with Crippen molar-refractivity contribution in [3.05, 3.63) is 17.5 Å². The monoisotopic (exact) mass is 291 g/mol. The van der Waals surface area contributed by atoms with Gasteiger partial charge in [0.05, 0.1) is 0 Å². The van der Waals surface area contributed by atoms with E-state index in [1.54, 1.807) is 0 Å². The van der Waals surface area contributed by atoms with Crippen molar-refractivity contribution in [2.75, 3.05) is 6.54 Å². The van der Waals surface area contributed by atoms with Gasteiger partial charge in [-0.3, -0.25) is 9.48 Å². The van der Waals surface area contributed by atoms with E-state index in [4.69, 9.17) is 5.11 Å². The van der Waals surface area contributed by atoms with Crippen molar-refractivity contribution in [3.8, 4) is 0 Å². The fourth-order valence-corrected chi connectivity index (χ4v) is 2.25. The highest BCUT2D eigenvalue weighted by Gasteiger charge is 2.39. The Balaban J connectivity index is 2.28. The molecule has 1 aromatic heterocycles. The molecule has 9 heteroatoms. The van der Waals surface area contributed by atoms with Crippen LogP contribution in [0.1, 0.15) is 29.0 Å². The molecule has 1 fully saturated rings. The summed E-state index contributed by atoms with van der Waals surface area (Å²) in [5.74, 6) is -1.95. The van der Waals surface area contributed by atoms with E-state index in [0.717, 1.165) is 11.9 Å². The van der Waals surface area contributed by atoms with Gasteiger partial charge >= 0.3 is 12.1 Å². The Morgan fingerprint density at radius 3 is 2.60 bits per heavy atom. The zero-order chi connectivity index (χ0) is 15.1. The number of aromatic nitrogens is 2. The number of halogens is 3. The number of carbonyl (C=O) groups excluding carboxylic acids is 1. The summed E-state index contributed by atoms with van der Waals surface area (Å²) < 4.78 is 38.5. The predicted molar refractivity (Wildman–Crippen MR) is 59.9 cm³/mol. The first-order valence-electron chi connectivity index (χ1n) is 5.87. The van der Waals surface area contributed by atoms with Crippen LogP contribution in [0, 0.1) is 0 Å². The Morgan fingerprint density at radius 2 is 2.10 bits per heavy atom. The first-order valence-corrected chi connectivity index (χ1v) is 5.87. The first-order chi connectivity index (χ1) is 9.21. The Hall–Kier alpha value is -2.06. The van der Waals surface area contributed by atoms with E-state index in [9.17, 15) is 22.8 Å². The second-order valence-corrected chi connectivity index (χ2v) is 4.53. The molecule has 110 valence electrons. The summed E-state index contributed by atoms with van der Waals surface area (Å²) in [4.78, 5) is 24.1. The van der Waals surface area contributed by atoms with Gasteiger partial charge in [-0.25, -0.2) is 4.79 Å². The van der Waals surface area contributed by atoms with Gasteiger partial charge in [-0.1, -0.05) is 0 Å². The summed E-state index contributed by atoms with van der Waals surface area (Å²) >= 11 is 0. The summed E-state index contributed by atoms with van der Waals surface area (Å²) in [6, 6.07) is -0.363. The van der Waals surface area contributed by atoms with E-state index in [-0.39, 0.29) is 6.54 Å². The minimum absolute atomic E-state index is 0.202. The van der Waals surface area contributed by atoms with Crippen LogP contribution in [0.5, 0.6) is 0 Å². The average molecular weight is 291 g/mol. The van der Waals surface area contributed by atoms with Crippen molar-refractivity contribution in [2.45, 2.75) is 25.1 Å². The number of hydrogen-bond donors (Lipinski definition) is 1. The van der Waals surface area contributed by atoms with Crippen molar-refractivity contribution in [1.29, 1.82) is 0 Å². The zero-order valence-electron chi connectivity index (χ0n) is 10.5. The van der Waals surface area contributed by atoms with Crippen molar-refractivity contribution in [3.63, 3.8) is 0 Å². The molecular weight excluding hydrogens is 279 g/mol. The van der Waals surface area contributed by atoms with Crippen LogP contribution < -0.4 is 0 Å². The lowest BCUT2D eigenvalue weighted by Crippen LogP contribution is -2.40. The molecule has 0 unspecified atom stereocenters. The van der Waals surface area contributed by atoms with Crippen molar-refractivity contribution < 1.29 is 27.9 Å². The lowest BCUT2D eigenvalue weighted by atomic mass is 10.2. The molecule has 6 nitrogen and oxygen atoms in total. The maximum Gasteiger partial charge on any atom is 0.433 e. The van der Waals surface area contributed by atoms with Crippen LogP contribution >= 0.6 is 0 Å². The zero-order valence-corrected chi connectivity index (χ0v) is 10.5. The maximum absolute atomic E-state index is 12.6. The van der Waals surface area contributed by atoms with Crippen molar-refractivity contribution in [2.24, 2.45) is 7.05 Å². The van der Waals surface area contributed by atoms with Gasteiger partial charge in [-0.15, -0.1) is 0 Å². The fourth-order valence-electron chi connectivity index (χ4n) is 2.25. The van der Waals surface area contributed by atoms with Crippen molar-refractivity contribution >= 4 is 11.9 Å². The number of aryl methyl sites for hydroxylation is 1. The molecule has 0 aromatic carbocycles. The third-order valence-corrected chi connectivity index (χ3v) is 3.19. The Morgan fingerprint density at radius 1 is 1.45 bits per heavy atom. The van der Waals surface area contributed by atoms with Gasteiger partial charge in [0.1, 0.15) is 11.7 Å². The average Bonchev–Trinajstić information content (AvgIpc) is 2.92. The lowest BCUT2D eigenvalue weighted by molar-refractivity contribution is -0.144. The molecule has 0 aliphatic carbocycles. The molecular formula is C11H12F3N3O3. The molecule has 0 radical (unpaired) electrons. The van der Waals surface area contributed by atoms with Crippen LogP contribution in [-0.4, -0.2) is 44.3 Å². The fraction of sp³-hybridized carbons (Fsp3) is 0.545. The normalized spacial score (nSPS) is 19.4. The number of aliphatic carboxylic acids is 1. The van der Waals surface area contributed by atoms with Crippen molar-refractivity contribution in [1.82, 2.24) is 14.7 Å². The summed E-state index contributed by atoms with van der Waals surface area (Å²) in [5.41, 5.74) is -1.44. The van der Waals surface area contributed by atoms with E-state index in [1.807, 2.05) is 0 Å². The van der Waals surface area contributed by atoms with Gasteiger partial charge in [0.15, 0.2) is 5.69 Å². The summed E-state index contributed by atoms with van der Waals surface area (Å²) in [5, 5.41) is 12.5. The minimum atomic E-state index is -4.61. The van der Waals surface area contributed by atoms with Gasteiger partial charge in [0.2, 0.25) is 0 Å². The highest BCUT2D eigenvalue weighted by Crippen LogP contribution is 2.30. The third-order valence-electron chi connectivity index (χ3n) is 3.19. The van der Waals surface area contributed by atoms with E-state index in [2.05, 4.69) is 5.10 Å². The van der Waals surface area contributed by atoms with Gasteiger partial charge in [-0.05, 0) is 12.8 Å². The molecule has 0 spiro atoms. The molecule has 1 N–H and O–H groups in total. The summed E-state index contributed by atoms with van der Waals surface area (Å²) in [6.45, 7) is 0.202. The summed E-state index contributed by atoms with van der Waals surface area (Å²) in [6.07, 6.45) is -3.82. The molecule has 1 aliphatic heterocycles. The number of amides is 1. The number of carboxylic acids is 1. The van der Waals surface area contributed by atoms with E-state index >= 15 is 0 Å². The second kappa shape index (κ2) is 4.80. The molecule has 1 atom stereocenters. The highest BCUT2D eigenvalue weighted by molar-refractivity contribution is 5.95. The van der Waals surface area contributed by atoms with Crippen LogP contribution in [0.2, 0.25) is 0 Å². The van der Waals surface area contributed by atoms with E-state index in [0.29, 0.717) is 23.6 Å². The molecule has 1 saturated heterocycles. The molecule has 2 rings (SSSR count). The molecule has 20 heavy (non-hydrogen) atoms. The molecule has 0 bridgehead atoms. The molecule has 2 heterocycles. The largest absolute Gasteiger partial charge is 0.480 e. The lowest BCUT2D eigenvalue weighted by Gasteiger charge is -2.19. The highest BCUT2D eigenvalue weighted by atomic mass is 19.4. The maximum atomic E-state index is 12.6. The third kappa shape index (κ3) is 2.47. The number of likely N-dealkylation sites (tertiary alicyclic amines) is 1. The van der Waals surface area contributed by atoms with Crippen LogP contribution in [-0.2, 0) is 18.0 Å². The van der Waals surface area contributed by atoms with Crippen LogP contribution in [0.3, 0.4) is 0 Å². The number of carbonyl (C=O) groups is 2. The Labute approximate surface area is 111 Å². The standard InChI is InChI=1S/C11H12F3N3O3/c1-16-8(11(12,13)14)5-6(15-16)9(18)17-4-2-3-7(17)10(19)20/h5,7H,2-4H2,1H3,(H,19,20)/t7-/m0/s1. The van der Waals surface area contributed by atoms with Crippen LogP contribution in [0.4, 0.5) is 13.2 Å². The molecule has 1 aliphatic rings. The van der Waals surface area contributed by atoms with Crippen LogP contribution in [0.15, 0.2) is 6.07 Å². The Kier molecular flexibility index (Phi) is 3.45. The van der Waals surface area contributed by atoms with Gasteiger partial charge in [0, 0.05) is 19.7 Å². The quantitative estimate of drug-likeness (QED) is 0.886. The van der Waals surface area contributed by atoms with E-state index in [1.165, 1.54) is 0 Å². The minimum Gasteiger partial charge on any atom is -0.480 e. The number of alkyl halides is 3. The van der Waals surface area contributed by atoms with E-state index < -0.39 is 35.5 Å². The van der Waals surface area contributed by atoms with Gasteiger partial charge in [0.25, 0.3) is 5.91 Å². The number of carboxylic acid groups (broad SMARTS) is 1. The van der Waals surface area contributed by atoms with Gasteiger partial charge < -0.3 is 10.0 Å². The topological polar surface area (TPSA) is 75.4 Å². The molecule has 1 aromatic rings. The predicted octanol–water partition coefficient (Wildman–Crippen LogP) is 1.13. The Bertz CT molecular complexity index is 553. The number of rotatable bonds is 2. The summed E-state index contributed by atoms with van der Waals surface area (Å²) in [7, 11) is 1.08. The molecule has 1 amide bonds. The second-order valence-electron chi connectivity index (χ2n) is 4.53. The van der Waals surface area contributed by atoms with Crippen LogP contribution in [0.25, 0.3) is 0 Å². The smallest absolute Gasteiger partial charge is 0.433 e. The number of nitrogens with zero attached hydrogens (tertiary/aromatic N) is 3. The SMILES string of the molecule is Cn1nc(C(=O)N2CCC[C@H]2C(=O)O)cc1C(F)(F)F.